The maximum Gasteiger partial charge on any atom is 0.0461 e. The zero-order chi connectivity index (χ0) is 9.10. The molecular weight excluding hydrogens is 160 g/mol. The predicted molar refractivity (Wildman–Crippen MR) is 54.2 cm³/mol. The summed E-state index contributed by atoms with van der Waals surface area (Å²) in [6.45, 7) is 1.83. The van der Waals surface area contributed by atoms with Gasteiger partial charge in [0.1, 0.15) is 0 Å². The molecule has 2 heteroatoms. The maximum atomic E-state index is 5.69. The van der Waals surface area contributed by atoms with Crippen molar-refractivity contribution in [2.24, 2.45) is 5.73 Å². The normalized spacial score (nSPS) is 23.6. The average molecular weight is 176 g/mol. The van der Waals surface area contributed by atoms with E-state index in [1.54, 1.807) is 0 Å². The van der Waals surface area contributed by atoms with Gasteiger partial charge in [0.25, 0.3) is 0 Å². The molecule has 0 amide bonds. The summed E-state index contributed by atoms with van der Waals surface area (Å²) in [7, 11) is 0. The Bertz CT molecular complexity index is 258. The predicted octanol–water partition coefficient (Wildman–Crippen LogP) is 1.74. The van der Waals surface area contributed by atoms with Crippen molar-refractivity contribution in [2.75, 3.05) is 13.2 Å². The highest BCUT2D eigenvalue weighted by molar-refractivity contribution is 5.19. The Labute approximate surface area is 79.4 Å². The number of rotatable bonds is 2. The van der Waals surface area contributed by atoms with Gasteiger partial charge in [0.15, 0.2) is 0 Å². The van der Waals surface area contributed by atoms with Gasteiger partial charge in [-0.15, -0.1) is 0 Å². The Morgan fingerprint density at radius 3 is 2.77 bits per heavy atom. The second-order valence-corrected chi connectivity index (χ2v) is 3.56. The van der Waals surface area contributed by atoms with Gasteiger partial charge in [-0.1, -0.05) is 30.3 Å². The van der Waals surface area contributed by atoms with E-state index in [1.165, 1.54) is 18.4 Å². The van der Waals surface area contributed by atoms with Crippen LogP contribution in [0, 0.1) is 0 Å². The van der Waals surface area contributed by atoms with Crippen molar-refractivity contribution in [1.82, 2.24) is 4.90 Å². The molecule has 1 aliphatic heterocycles. The van der Waals surface area contributed by atoms with Gasteiger partial charge >= 0.3 is 0 Å². The van der Waals surface area contributed by atoms with Crippen LogP contribution in [0.25, 0.3) is 0 Å². The van der Waals surface area contributed by atoms with Crippen LogP contribution in [0.4, 0.5) is 0 Å². The minimum atomic E-state index is 0.561. The second-order valence-electron chi connectivity index (χ2n) is 3.56. The van der Waals surface area contributed by atoms with E-state index in [0.29, 0.717) is 12.7 Å². The summed E-state index contributed by atoms with van der Waals surface area (Å²) in [4.78, 5) is 2.34. The lowest BCUT2D eigenvalue weighted by molar-refractivity contribution is 0.265. The third kappa shape index (κ3) is 1.74. The van der Waals surface area contributed by atoms with Crippen molar-refractivity contribution >= 4 is 0 Å². The highest BCUT2D eigenvalue weighted by Crippen LogP contribution is 2.30. The molecule has 70 valence electrons. The fraction of sp³-hybridized carbons (Fsp3) is 0.455. The minimum Gasteiger partial charge on any atom is -0.318 e. The molecule has 2 nitrogen and oxygen atoms in total. The number of nitrogens with two attached hydrogens (primary N) is 1. The van der Waals surface area contributed by atoms with Crippen LogP contribution in [0.2, 0.25) is 0 Å². The van der Waals surface area contributed by atoms with E-state index in [-0.39, 0.29) is 0 Å². The molecular formula is C11H16N2. The van der Waals surface area contributed by atoms with Crippen LogP contribution in [0.3, 0.4) is 0 Å². The van der Waals surface area contributed by atoms with E-state index in [1.807, 2.05) is 0 Å². The highest BCUT2D eigenvalue weighted by atomic mass is 15.2. The van der Waals surface area contributed by atoms with Crippen molar-refractivity contribution in [3.05, 3.63) is 35.9 Å². The molecule has 1 heterocycles. The Morgan fingerprint density at radius 1 is 1.31 bits per heavy atom. The van der Waals surface area contributed by atoms with Crippen molar-refractivity contribution < 1.29 is 0 Å². The molecule has 0 aliphatic carbocycles. The maximum absolute atomic E-state index is 5.69. The van der Waals surface area contributed by atoms with Crippen molar-refractivity contribution in [1.29, 1.82) is 0 Å². The highest BCUT2D eigenvalue weighted by Gasteiger charge is 2.23. The summed E-state index contributed by atoms with van der Waals surface area (Å²) in [5.41, 5.74) is 7.10. The molecule has 0 aromatic heterocycles. The van der Waals surface area contributed by atoms with E-state index >= 15 is 0 Å². The van der Waals surface area contributed by atoms with E-state index in [9.17, 15) is 0 Å². The first-order valence-electron chi connectivity index (χ1n) is 4.91. The van der Waals surface area contributed by atoms with Crippen LogP contribution in [0.15, 0.2) is 30.3 Å². The first-order chi connectivity index (χ1) is 6.42. The topological polar surface area (TPSA) is 29.3 Å². The van der Waals surface area contributed by atoms with E-state index in [4.69, 9.17) is 5.73 Å². The zero-order valence-corrected chi connectivity index (χ0v) is 7.82. The van der Waals surface area contributed by atoms with Crippen LogP contribution in [-0.2, 0) is 0 Å². The molecule has 1 aromatic rings. The second kappa shape index (κ2) is 3.90. The molecule has 0 bridgehead atoms. The van der Waals surface area contributed by atoms with Crippen LogP contribution >= 0.6 is 0 Å². The molecule has 2 rings (SSSR count). The fourth-order valence-corrected chi connectivity index (χ4v) is 2.10. The van der Waals surface area contributed by atoms with Gasteiger partial charge in [-0.25, -0.2) is 0 Å². The van der Waals surface area contributed by atoms with Gasteiger partial charge in [-0.05, 0) is 18.4 Å². The molecule has 0 radical (unpaired) electrons. The van der Waals surface area contributed by atoms with Gasteiger partial charge in [-0.3, -0.25) is 4.90 Å². The largest absolute Gasteiger partial charge is 0.318 e. The summed E-state index contributed by atoms with van der Waals surface area (Å²) in [5, 5.41) is 0. The monoisotopic (exact) mass is 176 g/mol. The van der Waals surface area contributed by atoms with Crippen LogP contribution in [0.1, 0.15) is 24.4 Å². The van der Waals surface area contributed by atoms with E-state index in [2.05, 4.69) is 35.2 Å². The van der Waals surface area contributed by atoms with Crippen LogP contribution in [-0.4, -0.2) is 18.1 Å². The summed E-state index contributed by atoms with van der Waals surface area (Å²) in [5.74, 6) is 0. The Kier molecular flexibility index (Phi) is 2.62. The summed E-state index contributed by atoms with van der Waals surface area (Å²) in [6.07, 6.45) is 2.53. The quantitative estimate of drug-likeness (QED) is 0.743. The fourth-order valence-electron chi connectivity index (χ4n) is 2.10. The van der Waals surface area contributed by atoms with E-state index < -0.39 is 0 Å². The average Bonchev–Trinajstić information content (AvgIpc) is 2.67. The molecule has 1 aromatic carbocycles. The van der Waals surface area contributed by atoms with Gasteiger partial charge in [0, 0.05) is 19.3 Å². The Balaban J connectivity index is 2.16. The summed E-state index contributed by atoms with van der Waals surface area (Å²) in [6, 6.07) is 11.2. The van der Waals surface area contributed by atoms with E-state index in [0.717, 1.165) is 6.54 Å². The van der Waals surface area contributed by atoms with Gasteiger partial charge in [-0.2, -0.15) is 0 Å². The lowest BCUT2D eigenvalue weighted by Crippen LogP contribution is -2.29. The van der Waals surface area contributed by atoms with Crippen LogP contribution in [0.5, 0.6) is 0 Å². The molecule has 2 N–H and O–H groups in total. The standard InChI is InChI=1S/C11H16N2/c12-9-13-8-4-7-11(13)10-5-2-1-3-6-10/h1-3,5-6,11H,4,7-9,12H2/t11-/m0/s1. The zero-order valence-electron chi connectivity index (χ0n) is 7.82. The number of hydrogen-bond donors (Lipinski definition) is 1. The third-order valence-corrected chi connectivity index (χ3v) is 2.78. The Morgan fingerprint density at radius 2 is 2.08 bits per heavy atom. The summed E-state index contributed by atoms with van der Waals surface area (Å²) >= 11 is 0. The first kappa shape index (κ1) is 8.73. The molecule has 1 saturated heterocycles. The number of hydrogen-bond acceptors (Lipinski definition) is 2. The minimum absolute atomic E-state index is 0.561. The summed E-state index contributed by atoms with van der Waals surface area (Å²) < 4.78 is 0. The Hall–Kier alpha value is -0.860. The molecule has 1 fully saturated rings. The number of nitrogens with zero attached hydrogens (tertiary/aromatic N) is 1. The molecule has 0 saturated carbocycles. The van der Waals surface area contributed by atoms with Crippen molar-refractivity contribution in [3.8, 4) is 0 Å². The first-order valence-corrected chi connectivity index (χ1v) is 4.91. The molecule has 0 unspecified atom stereocenters. The molecule has 0 spiro atoms. The SMILES string of the molecule is NCN1CCC[C@H]1c1ccccc1. The molecule has 13 heavy (non-hydrogen) atoms. The van der Waals surface area contributed by atoms with Gasteiger partial charge in [0.05, 0.1) is 0 Å². The molecule has 1 atom stereocenters. The van der Waals surface area contributed by atoms with Gasteiger partial charge in [0.2, 0.25) is 0 Å². The lowest BCUT2D eigenvalue weighted by Gasteiger charge is -2.22. The van der Waals surface area contributed by atoms with Gasteiger partial charge < -0.3 is 5.73 Å². The third-order valence-electron chi connectivity index (χ3n) is 2.78. The number of benzene rings is 1. The van der Waals surface area contributed by atoms with Crippen LogP contribution < -0.4 is 5.73 Å². The molecule has 1 aliphatic rings. The van der Waals surface area contributed by atoms with Crippen molar-refractivity contribution in [3.63, 3.8) is 0 Å². The number of likely N-dealkylation sites (tertiary alicyclic amines) is 1. The lowest BCUT2D eigenvalue weighted by atomic mass is 10.1. The van der Waals surface area contributed by atoms with Crippen molar-refractivity contribution in [2.45, 2.75) is 18.9 Å². The smallest absolute Gasteiger partial charge is 0.0461 e.